The van der Waals surface area contributed by atoms with E-state index in [-0.39, 0.29) is 16.9 Å². The maximum Gasteiger partial charge on any atom is 0.415 e. The van der Waals surface area contributed by atoms with E-state index in [1.165, 1.54) is 14.2 Å². The molecule has 1 aliphatic rings. The third kappa shape index (κ3) is 4.84. The lowest BCUT2D eigenvalue weighted by Crippen LogP contribution is -2.43. The molecule has 0 saturated heterocycles. The molecule has 0 heterocycles. The lowest BCUT2D eigenvalue weighted by Gasteiger charge is -2.32. The number of allylic oxidation sites excluding steroid dienone is 2. The van der Waals surface area contributed by atoms with Crippen LogP contribution in [0.15, 0.2) is 24.3 Å². The van der Waals surface area contributed by atoms with Gasteiger partial charge in [0.15, 0.2) is 6.16 Å². The maximum atomic E-state index is 12.6. The summed E-state index contributed by atoms with van der Waals surface area (Å²) in [4.78, 5) is 12.6. The summed E-state index contributed by atoms with van der Waals surface area (Å²) in [6.07, 6.45) is 8.27. The fourth-order valence-electron chi connectivity index (χ4n) is 2.97. The monoisotopic (exact) mass is 327 g/mol. The van der Waals surface area contributed by atoms with Gasteiger partial charge in [-0.2, -0.15) is 0 Å². The summed E-state index contributed by atoms with van der Waals surface area (Å²) in [5.41, 5.74) is -0.144. The van der Waals surface area contributed by atoms with E-state index in [1.54, 1.807) is 24.3 Å². The Kier molecular flexibility index (Phi) is 6.66. The Labute approximate surface area is 134 Å². The van der Waals surface area contributed by atoms with E-state index < -0.39 is 19.5 Å². The fraction of sp³-hybridized carbons (Fsp3) is 0.706. The van der Waals surface area contributed by atoms with Crippen LogP contribution in [0.3, 0.4) is 0 Å². The van der Waals surface area contributed by atoms with Gasteiger partial charge in [0.05, 0.1) is 0 Å². The standard InChI is InChI=1S/C17H28O4P/c1-13(11-16(2,3)4)12-22(19)15(18)14-9-7-8-10-17(14,20-5)21-6/h7-10,13-14H,11-12H2,1-6H3/q+1. The van der Waals surface area contributed by atoms with E-state index >= 15 is 0 Å². The molecule has 22 heavy (non-hydrogen) atoms. The lowest BCUT2D eigenvalue weighted by molar-refractivity contribution is -0.193. The maximum absolute atomic E-state index is 12.6. The molecule has 0 spiro atoms. The van der Waals surface area contributed by atoms with Crippen LogP contribution in [0.1, 0.15) is 34.1 Å². The van der Waals surface area contributed by atoms with Crippen molar-refractivity contribution in [3.8, 4) is 0 Å². The van der Waals surface area contributed by atoms with Gasteiger partial charge in [0.1, 0.15) is 5.92 Å². The molecule has 124 valence electrons. The molecule has 0 aromatic heterocycles. The zero-order valence-electron chi connectivity index (χ0n) is 14.5. The summed E-state index contributed by atoms with van der Waals surface area (Å²) in [5.74, 6) is -1.59. The molecule has 0 N–H and O–H groups in total. The Bertz CT molecular complexity index is 470. The minimum atomic E-state index is -1.96. The number of carbonyl (C=O) groups is 1. The summed E-state index contributed by atoms with van der Waals surface area (Å²) in [6.45, 7) is 8.48. The van der Waals surface area contributed by atoms with Gasteiger partial charge in [-0.1, -0.05) is 50.5 Å². The zero-order valence-corrected chi connectivity index (χ0v) is 15.4. The minimum Gasteiger partial charge on any atom is -0.349 e. The quantitative estimate of drug-likeness (QED) is 0.521. The second-order valence-electron chi connectivity index (χ2n) is 7.12. The Balaban J connectivity index is 2.80. The van der Waals surface area contributed by atoms with Gasteiger partial charge in [-0.15, -0.1) is 0 Å². The highest BCUT2D eigenvalue weighted by atomic mass is 31.1. The highest BCUT2D eigenvalue weighted by molar-refractivity contribution is 7.63. The zero-order chi connectivity index (χ0) is 17.0. The molecule has 0 aromatic carbocycles. The van der Waals surface area contributed by atoms with Crippen LogP contribution in [-0.2, 0) is 18.8 Å². The SMILES string of the molecule is COC1(OC)C=CC=CC1C(=O)[P+](=O)CC(C)CC(C)(C)C. The van der Waals surface area contributed by atoms with Crippen molar-refractivity contribution in [2.45, 2.75) is 39.9 Å². The van der Waals surface area contributed by atoms with Crippen LogP contribution in [0.2, 0.25) is 0 Å². The Morgan fingerprint density at radius 2 is 1.86 bits per heavy atom. The molecule has 1 rings (SSSR count). The normalized spacial score (nSPS) is 22.5. The van der Waals surface area contributed by atoms with Crippen LogP contribution in [0.5, 0.6) is 0 Å². The molecule has 4 nitrogen and oxygen atoms in total. The Morgan fingerprint density at radius 1 is 1.27 bits per heavy atom. The molecular formula is C17H28O4P+. The number of hydrogen-bond acceptors (Lipinski definition) is 4. The van der Waals surface area contributed by atoms with Crippen LogP contribution >= 0.6 is 7.80 Å². The number of hydrogen-bond donors (Lipinski definition) is 0. The van der Waals surface area contributed by atoms with E-state index in [0.717, 1.165) is 6.42 Å². The molecule has 5 heteroatoms. The van der Waals surface area contributed by atoms with Crippen molar-refractivity contribution in [2.24, 2.45) is 17.3 Å². The summed E-state index contributed by atoms with van der Waals surface area (Å²) in [5, 5.41) is 0. The van der Waals surface area contributed by atoms with Crippen LogP contribution in [0, 0.1) is 17.3 Å². The summed E-state index contributed by atoms with van der Waals surface area (Å²) in [7, 11) is 1.02. The predicted molar refractivity (Wildman–Crippen MR) is 89.2 cm³/mol. The lowest BCUT2D eigenvalue weighted by atomic mass is 9.86. The van der Waals surface area contributed by atoms with Crippen molar-refractivity contribution >= 4 is 13.3 Å². The second-order valence-corrected chi connectivity index (χ2v) is 8.68. The third-order valence-corrected chi connectivity index (χ3v) is 5.49. The Morgan fingerprint density at radius 3 is 2.36 bits per heavy atom. The first-order chi connectivity index (χ1) is 10.1. The van der Waals surface area contributed by atoms with Crippen molar-refractivity contribution in [3.63, 3.8) is 0 Å². The van der Waals surface area contributed by atoms with E-state index in [0.29, 0.717) is 6.16 Å². The summed E-state index contributed by atoms with van der Waals surface area (Å²) >= 11 is 0. The third-order valence-electron chi connectivity index (χ3n) is 3.76. The first-order valence-corrected chi connectivity index (χ1v) is 9.04. The summed E-state index contributed by atoms with van der Waals surface area (Å²) < 4.78 is 23.3. The number of ether oxygens (including phenoxy) is 2. The molecule has 0 amide bonds. The van der Waals surface area contributed by atoms with Gasteiger partial charge < -0.3 is 9.47 Å². The fourth-order valence-corrected chi connectivity index (χ4v) is 4.42. The number of carbonyl (C=O) groups excluding carboxylic acids is 1. The molecule has 0 fully saturated rings. The average Bonchev–Trinajstić information content (AvgIpc) is 2.44. The largest absolute Gasteiger partial charge is 0.415 e. The average molecular weight is 327 g/mol. The summed E-state index contributed by atoms with van der Waals surface area (Å²) in [6, 6.07) is 0. The van der Waals surface area contributed by atoms with Gasteiger partial charge in [0.25, 0.3) is 0 Å². The van der Waals surface area contributed by atoms with Crippen LogP contribution < -0.4 is 0 Å². The van der Waals surface area contributed by atoms with Crippen molar-refractivity contribution in [1.29, 1.82) is 0 Å². The highest BCUT2D eigenvalue weighted by Gasteiger charge is 2.49. The predicted octanol–water partition coefficient (Wildman–Crippen LogP) is 4.14. The highest BCUT2D eigenvalue weighted by Crippen LogP contribution is 2.40. The second kappa shape index (κ2) is 7.63. The van der Waals surface area contributed by atoms with Gasteiger partial charge in [0, 0.05) is 20.1 Å². The minimum absolute atomic E-state index is 0.162. The molecule has 3 atom stereocenters. The van der Waals surface area contributed by atoms with Crippen LogP contribution in [-0.4, -0.2) is 31.7 Å². The molecule has 1 aliphatic carbocycles. The van der Waals surface area contributed by atoms with E-state index in [9.17, 15) is 9.36 Å². The first kappa shape index (κ1) is 19.2. The van der Waals surface area contributed by atoms with Gasteiger partial charge in [-0.3, -0.25) is 0 Å². The van der Waals surface area contributed by atoms with E-state index in [1.807, 2.05) is 6.92 Å². The van der Waals surface area contributed by atoms with Crippen molar-refractivity contribution in [1.82, 2.24) is 0 Å². The van der Waals surface area contributed by atoms with Crippen molar-refractivity contribution in [2.75, 3.05) is 20.4 Å². The van der Waals surface area contributed by atoms with Crippen molar-refractivity contribution in [3.05, 3.63) is 24.3 Å². The Hall–Kier alpha value is -0.830. The topological polar surface area (TPSA) is 52.6 Å². The molecule has 0 radical (unpaired) electrons. The van der Waals surface area contributed by atoms with Gasteiger partial charge in [0.2, 0.25) is 5.79 Å². The van der Waals surface area contributed by atoms with Crippen LogP contribution in [0.25, 0.3) is 0 Å². The van der Waals surface area contributed by atoms with Gasteiger partial charge >= 0.3 is 13.3 Å². The first-order valence-electron chi connectivity index (χ1n) is 7.60. The smallest absolute Gasteiger partial charge is 0.349 e. The molecule has 0 aliphatic heterocycles. The molecule has 0 aromatic rings. The van der Waals surface area contributed by atoms with Crippen molar-refractivity contribution < 1.29 is 18.8 Å². The van der Waals surface area contributed by atoms with Gasteiger partial charge in [-0.25, -0.2) is 4.79 Å². The van der Waals surface area contributed by atoms with Crippen LogP contribution in [0.4, 0.5) is 0 Å². The number of rotatable bonds is 7. The van der Waals surface area contributed by atoms with E-state index in [4.69, 9.17) is 9.47 Å². The number of methoxy groups -OCH3 is 2. The molecule has 0 saturated carbocycles. The van der Waals surface area contributed by atoms with E-state index in [2.05, 4.69) is 20.8 Å². The molecule has 3 unspecified atom stereocenters. The van der Waals surface area contributed by atoms with Gasteiger partial charge in [-0.05, 0) is 17.9 Å². The molecular weight excluding hydrogens is 299 g/mol. The molecule has 0 bridgehead atoms.